The molecule has 27 heavy (non-hydrogen) atoms. The van der Waals surface area contributed by atoms with Gasteiger partial charge in [-0.2, -0.15) is 0 Å². The molecule has 5 heteroatoms. The number of anilines is 1. The summed E-state index contributed by atoms with van der Waals surface area (Å²) in [5.74, 6) is -0.209. The zero-order valence-electron chi connectivity index (χ0n) is 16.0. The lowest BCUT2D eigenvalue weighted by Gasteiger charge is -2.20. The highest BCUT2D eigenvalue weighted by Gasteiger charge is 2.14. The van der Waals surface area contributed by atoms with Crippen molar-refractivity contribution in [3.05, 3.63) is 64.7 Å². The number of aryl methyl sites for hydroxylation is 3. The van der Waals surface area contributed by atoms with E-state index in [1.807, 2.05) is 38.1 Å². The fourth-order valence-corrected chi connectivity index (χ4v) is 3.37. The van der Waals surface area contributed by atoms with Crippen LogP contribution < -0.4 is 16.0 Å². The first kappa shape index (κ1) is 19.0. The van der Waals surface area contributed by atoms with Gasteiger partial charge in [-0.1, -0.05) is 35.9 Å². The molecule has 3 amide bonds. The maximum atomic E-state index is 12.2. The van der Waals surface area contributed by atoms with E-state index in [0.29, 0.717) is 5.69 Å². The van der Waals surface area contributed by atoms with Gasteiger partial charge in [0.15, 0.2) is 0 Å². The van der Waals surface area contributed by atoms with Crippen molar-refractivity contribution in [1.29, 1.82) is 0 Å². The number of benzene rings is 2. The largest absolute Gasteiger partial charge is 0.348 e. The number of carbonyl (C=O) groups is 2. The number of carbonyl (C=O) groups excluding carboxylic acids is 2. The van der Waals surface area contributed by atoms with E-state index in [-0.39, 0.29) is 18.5 Å². The third kappa shape index (κ3) is 5.33. The molecule has 1 aliphatic carbocycles. The smallest absolute Gasteiger partial charge is 0.319 e. The minimum Gasteiger partial charge on any atom is -0.348 e. The van der Waals surface area contributed by atoms with Crippen molar-refractivity contribution < 1.29 is 9.59 Å². The fraction of sp³-hybridized carbons (Fsp3) is 0.364. The van der Waals surface area contributed by atoms with Gasteiger partial charge in [-0.25, -0.2) is 4.79 Å². The molecular formula is C22H27N3O2. The molecule has 1 atom stereocenters. The van der Waals surface area contributed by atoms with E-state index in [1.54, 1.807) is 0 Å². The van der Waals surface area contributed by atoms with Gasteiger partial charge >= 0.3 is 6.03 Å². The zero-order valence-corrected chi connectivity index (χ0v) is 16.0. The van der Waals surface area contributed by atoms with E-state index >= 15 is 0 Å². The molecule has 0 unspecified atom stereocenters. The highest BCUT2D eigenvalue weighted by Crippen LogP contribution is 2.24. The van der Waals surface area contributed by atoms with E-state index in [2.05, 4.69) is 34.1 Å². The van der Waals surface area contributed by atoms with Crippen molar-refractivity contribution in [2.24, 2.45) is 0 Å². The Bertz CT molecular complexity index is 815. The van der Waals surface area contributed by atoms with Gasteiger partial charge in [-0.05, 0) is 68.4 Å². The summed E-state index contributed by atoms with van der Waals surface area (Å²) < 4.78 is 0. The van der Waals surface area contributed by atoms with Gasteiger partial charge in [0.2, 0.25) is 5.91 Å². The van der Waals surface area contributed by atoms with E-state index in [0.717, 1.165) is 24.0 Å². The van der Waals surface area contributed by atoms with Crippen molar-refractivity contribution in [3.8, 4) is 0 Å². The lowest BCUT2D eigenvalue weighted by Crippen LogP contribution is -2.39. The average molecular weight is 365 g/mol. The fourth-order valence-electron chi connectivity index (χ4n) is 3.37. The summed E-state index contributed by atoms with van der Waals surface area (Å²) in [5, 5.41) is 8.25. The maximum absolute atomic E-state index is 12.2. The highest BCUT2D eigenvalue weighted by molar-refractivity contribution is 5.92. The minimum absolute atomic E-state index is 0.0625. The van der Waals surface area contributed by atoms with Crippen LogP contribution in [0.15, 0.2) is 42.5 Å². The van der Waals surface area contributed by atoms with Gasteiger partial charge < -0.3 is 16.0 Å². The highest BCUT2D eigenvalue weighted by atomic mass is 16.2. The molecule has 0 fully saturated rings. The molecule has 142 valence electrons. The molecule has 2 aromatic rings. The molecule has 0 saturated heterocycles. The number of rotatable bonds is 5. The lowest BCUT2D eigenvalue weighted by atomic mass is 9.89. The van der Waals surface area contributed by atoms with Gasteiger partial charge in [0.1, 0.15) is 0 Å². The van der Waals surface area contributed by atoms with Crippen molar-refractivity contribution in [2.75, 3.05) is 11.9 Å². The molecule has 2 aromatic carbocycles. The zero-order chi connectivity index (χ0) is 19.2. The Morgan fingerprint density at radius 3 is 2.44 bits per heavy atom. The second-order valence-electron chi connectivity index (χ2n) is 7.20. The number of hydrogen-bond donors (Lipinski definition) is 3. The number of amides is 3. The van der Waals surface area contributed by atoms with E-state index in [4.69, 9.17) is 0 Å². The summed E-state index contributed by atoms with van der Waals surface area (Å²) in [6.07, 6.45) is 4.76. The number of urea groups is 1. The molecule has 0 spiro atoms. The Kier molecular flexibility index (Phi) is 6.12. The molecule has 1 aliphatic rings. The summed E-state index contributed by atoms with van der Waals surface area (Å²) in [4.78, 5) is 24.1. The predicted octanol–water partition coefficient (Wildman–Crippen LogP) is 3.87. The van der Waals surface area contributed by atoms with E-state index < -0.39 is 6.03 Å². The second-order valence-corrected chi connectivity index (χ2v) is 7.20. The van der Waals surface area contributed by atoms with Crippen LogP contribution in [0.5, 0.6) is 0 Å². The Morgan fingerprint density at radius 1 is 1.00 bits per heavy atom. The van der Waals surface area contributed by atoms with Crippen LogP contribution in [0, 0.1) is 6.92 Å². The van der Waals surface area contributed by atoms with E-state index in [1.165, 1.54) is 24.0 Å². The first-order chi connectivity index (χ1) is 13.0. The van der Waals surface area contributed by atoms with Gasteiger partial charge in [0.25, 0.3) is 0 Å². The van der Waals surface area contributed by atoms with Gasteiger partial charge in [0, 0.05) is 5.69 Å². The summed E-state index contributed by atoms with van der Waals surface area (Å²) >= 11 is 0. The van der Waals surface area contributed by atoms with Crippen LogP contribution in [0.2, 0.25) is 0 Å². The summed E-state index contributed by atoms with van der Waals surface area (Å²) in [5.41, 5.74) is 5.75. The second kappa shape index (κ2) is 8.71. The van der Waals surface area contributed by atoms with E-state index in [9.17, 15) is 9.59 Å². The molecule has 3 rings (SSSR count). The Balaban J connectivity index is 1.47. The Morgan fingerprint density at radius 2 is 1.70 bits per heavy atom. The third-order valence-electron chi connectivity index (χ3n) is 4.97. The first-order valence-electron chi connectivity index (χ1n) is 9.54. The number of fused-ring (bicyclic) bond motifs is 1. The summed E-state index contributed by atoms with van der Waals surface area (Å²) in [6.45, 7) is 3.89. The summed E-state index contributed by atoms with van der Waals surface area (Å²) in [7, 11) is 0. The standard InChI is InChI=1S/C22H27N3O2/c1-15-7-11-20(12-8-15)25-22(27)23-14-21(26)24-16(2)18-10-9-17-5-3-4-6-19(17)13-18/h7-13,16H,3-6,14H2,1-2H3,(H,24,26)(H2,23,25,27)/t16-/m1/s1. The molecule has 0 aliphatic heterocycles. The van der Waals surface area contributed by atoms with Crippen LogP contribution in [0.3, 0.4) is 0 Å². The van der Waals surface area contributed by atoms with Crippen molar-refractivity contribution in [2.45, 2.75) is 45.6 Å². The number of hydrogen-bond acceptors (Lipinski definition) is 2. The summed E-state index contributed by atoms with van der Waals surface area (Å²) in [6, 6.07) is 13.5. The maximum Gasteiger partial charge on any atom is 0.319 e. The third-order valence-corrected chi connectivity index (χ3v) is 4.97. The van der Waals surface area contributed by atoms with Crippen LogP contribution in [-0.4, -0.2) is 18.5 Å². The van der Waals surface area contributed by atoms with Gasteiger partial charge in [-0.3, -0.25) is 4.79 Å². The first-order valence-corrected chi connectivity index (χ1v) is 9.54. The van der Waals surface area contributed by atoms with Crippen LogP contribution >= 0.6 is 0 Å². The quantitative estimate of drug-likeness (QED) is 0.753. The monoisotopic (exact) mass is 365 g/mol. The van der Waals surface area contributed by atoms with Crippen LogP contribution in [0.1, 0.15) is 48.1 Å². The van der Waals surface area contributed by atoms with Crippen LogP contribution in [0.25, 0.3) is 0 Å². The Hall–Kier alpha value is -2.82. The SMILES string of the molecule is Cc1ccc(NC(=O)NCC(=O)N[C@H](C)c2ccc3c(c2)CCCC3)cc1. The lowest BCUT2D eigenvalue weighted by molar-refractivity contribution is -0.120. The van der Waals surface area contributed by atoms with Gasteiger partial charge in [-0.15, -0.1) is 0 Å². The topological polar surface area (TPSA) is 70.2 Å². The Labute approximate surface area is 160 Å². The van der Waals surface area contributed by atoms with Crippen molar-refractivity contribution in [3.63, 3.8) is 0 Å². The minimum atomic E-state index is -0.393. The molecule has 5 nitrogen and oxygen atoms in total. The molecule has 0 radical (unpaired) electrons. The van der Waals surface area contributed by atoms with Crippen molar-refractivity contribution >= 4 is 17.6 Å². The molecular weight excluding hydrogens is 338 g/mol. The molecule has 3 N–H and O–H groups in total. The molecule has 0 saturated carbocycles. The van der Waals surface area contributed by atoms with Crippen LogP contribution in [-0.2, 0) is 17.6 Å². The molecule has 0 aromatic heterocycles. The molecule has 0 bridgehead atoms. The van der Waals surface area contributed by atoms with Crippen LogP contribution in [0.4, 0.5) is 10.5 Å². The number of nitrogens with one attached hydrogen (secondary N) is 3. The molecule has 0 heterocycles. The van der Waals surface area contributed by atoms with Gasteiger partial charge in [0.05, 0.1) is 12.6 Å². The predicted molar refractivity (Wildman–Crippen MR) is 108 cm³/mol. The average Bonchev–Trinajstić information content (AvgIpc) is 2.68. The normalized spacial score (nSPS) is 14.0. The van der Waals surface area contributed by atoms with Crippen molar-refractivity contribution in [1.82, 2.24) is 10.6 Å².